The molecule has 0 amide bonds. The minimum absolute atomic E-state index is 0.0440. The average molecular weight is 153 g/mol. The molecule has 0 spiro atoms. The van der Waals surface area contributed by atoms with Crippen LogP contribution in [0.25, 0.3) is 0 Å². The smallest absolute Gasteiger partial charge is 0.240 e. The molecule has 0 aliphatic carbocycles. The van der Waals surface area contributed by atoms with E-state index in [0.717, 1.165) is 0 Å². The third-order valence-corrected chi connectivity index (χ3v) is 1.44. The maximum atomic E-state index is 5.38. The van der Waals surface area contributed by atoms with Crippen molar-refractivity contribution >= 4 is 5.96 Å². The van der Waals surface area contributed by atoms with E-state index in [1.807, 2.05) is 0 Å². The number of rotatable bonds is 1. The number of nitrogens with zero attached hydrogens (tertiary/aromatic N) is 3. The van der Waals surface area contributed by atoms with Crippen LogP contribution < -0.4 is 11.1 Å². The zero-order valence-electron chi connectivity index (χ0n) is 5.69. The van der Waals surface area contributed by atoms with Crippen molar-refractivity contribution < 1.29 is 4.42 Å². The van der Waals surface area contributed by atoms with Crippen LogP contribution in [0.4, 0.5) is 0 Å². The first-order chi connectivity index (χ1) is 5.36. The molecule has 2 heterocycles. The molecule has 1 atom stereocenters. The van der Waals surface area contributed by atoms with E-state index in [4.69, 9.17) is 10.2 Å². The summed E-state index contributed by atoms with van der Waals surface area (Å²) in [6.07, 6.45) is 1.28. The van der Waals surface area contributed by atoms with E-state index in [1.165, 1.54) is 6.39 Å². The highest BCUT2D eigenvalue weighted by atomic mass is 16.4. The van der Waals surface area contributed by atoms with E-state index < -0.39 is 0 Å². The van der Waals surface area contributed by atoms with Gasteiger partial charge in [-0.3, -0.25) is 4.99 Å². The summed E-state index contributed by atoms with van der Waals surface area (Å²) in [7, 11) is 0. The lowest BCUT2D eigenvalue weighted by Gasteiger charge is -2.02. The van der Waals surface area contributed by atoms with Crippen LogP contribution in [0.15, 0.2) is 15.8 Å². The Morgan fingerprint density at radius 3 is 3.18 bits per heavy atom. The molecule has 1 aromatic heterocycles. The van der Waals surface area contributed by atoms with Crippen LogP contribution in [-0.4, -0.2) is 22.7 Å². The highest BCUT2D eigenvalue weighted by molar-refractivity contribution is 5.79. The van der Waals surface area contributed by atoms with Crippen LogP contribution in [0.2, 0.25) is 0 Å². The maximum Gasteiger partial charge on any atom is 0.240 e. The summed E-state index contributed by atoms with van der Waals surface area (Å²) < 4.78 is 4.95. The Morgan fingerprint density at radius 2 is 2.64 bits per heavy atom. The number of guanidine groups is 1. The number of aliphatic imine (C=N–C) groups is 1. The van der Waals surface area contributed by atoms with Gasteiger partial charge in [-0.15, -0.1) is 10.2 Å². The second-order valence-corrected chi connectivity index (χ2v) is 2.20. The molecule has 1 aliphatic rings. The molecule has 1 aliphatic heterocycles. The summed E-state index contributed by atoms with van der Waals surface area (Å²) in [6, 6.07) is -0.0440. The van der Waals surface area contributed by atoms with Gasteiger partial charge in [0.15, 0.2) is 5.96 Å². The Kier molecular flexibility index (Phi) is 1.24. The van der Waals surface area contributed by atoms with Crippen LogP contribution in [0.3, 0.4) is 0 Å². The Morgan fingerprint density at radius 1 is 1.73 bits per heavy atom. The molecule has 1 unspecified atom stereocenters. The monoisotopic (exact) mass is 153 g/mol. The van der Waals surface area contributed by atoms with E-state index >= 15 is 0 Å². The molecule has 0 aromatic carbocycles. The van der Waals surface area contributed by atoms with Gasteiger partial charge >= 0.3 is 0 Å². The molecule has 6 heteroatoms. The van der Waals surface area contributed by atoms with Gasteiger partial charge in [-0.05, 0) is 0 Å². The van der Waals surface area contributed by atoms with Crippen molar-refractivity contribution in [3.63, 3.8) is 0 Å². The van der Waals surface area contributed by atoms with Gasteiger partial charge in [0.05, 0.1) is 6.54 Å². The Labute approximate surface area is 62.5 Å². The summed E-state index contributed by atoms with van der Waals surface area (Å²) >= 11 is 0. The zero-order chi connectivity index (χ0) is 7.68. The molecule has 0 saturated heterocycles. The Hall–Kier alpha value is -1.59. The summed E-state index contributed by atoms with van der Waals surface area (Å²) in [5.41, 5.74) is 5.38. The first-order valence-corrected chi connectivity index (χ1v) is 3.19. The minimum atomic E-state index is -0.0440. The van der Waals surface area contributed by atoms with Crippen LogP contribution >= 0.6 is 0 Å². The fourth-order valence-electron chi connectivity index (χ4n) is 0.933. The molecule has 0 radical (unpaired) electrons. The lowest BCUT2D eigenvalue weighted by molar-refractivity contribution is 0.444. The summed E-state index contributed by atoms with van der Waals surface area (Å²) in [4.78, 5) is 3.93. The summed E-state index contributed by atoms with van der Waals surface area (Å²) in [5, 5.41) is 10.2. The molecule has 2 rings (SSSR count). The Balaban J connectivity index is 2.11. The molecular weight excluding hydrogens is 146 g/mol. The van der Waals surface area contributed by atoms with Crippen molar-refractivity contribution in [1.82, 2.24) is 15.5 Å². The van der Waals surface area contributed by atoms with E-state index in [0.29, 0.717) is 18.4 Å². The fourth-order valence-corrected chi connectivity index (χ4v) is 0.933. The van der Waals surface area contributed by atoms with Gasteiger partial charge in [0.2, 0.25) is 12.3 Å². The summed E-state index contributed by atoms with van der Waals surface area (Å²) in [6.45, 7) is 0.564. The standard InChI is InChI=1S/C5H7N5O/c6-5-7-1-3(9-5)4-10-8-2-11-4/h2-3H,1H2,(H3,6,7,9). The van der Waals surface area contributed by atoms with Crippen LogP contribution in [-0.2, 0) is 0 Å². The van der Waals surface area contributed by atoms with Crippen molar-refractivity contribution in [2.24, 2.45) is 10.7 Å². The number of aromatic nitrogens is 2. The van der Waals surface area contributed by atoms with Crippen LogP contribution in [0, 0.1) is 0 Å². The quantitative estimate of drug-likeness (QED) is 0.541. The maximum absolute atomic E-state index is 5.38. The van der Waals surface area contributed by atoms with E-state index in [9.17, 15) is 0 Å². The predicted octanol–water partition coefficient (Wildman–Crippen LogP) is -0.971. The van der Waals surface area contributed by atoms with Gasteiger partial charge in [0.25, 0.3) is 0 Å². The van der Waals surface area contributed by atoms with Crippen molar-refractivity contribution in [1.29, 1.82) is 0 Å². The number of hydrogen-bond acceptors (Lipinski definition) is 6. The normalized spacial score (nSPS) is 22.9. The number of nitrogens with one attached hydrogen (secondary N) is 1. The van der Waals surface area contributed by atoms with Crippen LogP contribution in [0.5, 0.6) is 0 Å². The number of hydrogen-bond donors (Lipinski definition) is 2. The lowest BCUT2D eigenvalue weighted by Crippen LogP contribution is -2.29. The second kappa shape index (κ2) is 2.22. The van der Waals surface area contributed by atoms with Gasteiger partial charge in [0.1, 0.15) is 6.04 Å². The van der Waals surface area contributed by atoms with Crippen molar-refractivity contribution in [3.05, 3.63) is 12.3 Å². The minimum Gasteiger partial charge on any atom is -0.426 e. The third-order valence-electron chi connectivity index (χ3n) is 1.44. The molecule has 0 fully saturated rings. The van der Waals surface area contributed by atoms with Gasteiger partial charge < -0.3 is 15.5 Å². The van der Waals surface area contributed by atoms with Crippen molar-refractivity contribution in [2.75, 3.05) is 6.54 Å². The molecule has 11 heavy (non-hydrogen) atoms. The van der Waals surface area contributed by atoms with E-state index in [-0.39, 0.29) is 6.04 Å². The molecule has 0 bridgehead atoms. The average Bonchev–Trinajstić information content (AvgIpc) is 2.55. The second-order valence-electron chi connectivity index (χ2n) is 2.20. The zero-order valence-corrected chi connectivity index (χ0v) is 5.69. The van der Waals surface area contributed by atoms with E-state index in [2.05, 4.69) is 20.5 Å². The van der Waals surface area contributed by atoms with Crippen LogP contribution in [0.1, 0.15) is 11.9 Å². The largest absolute Gasteiger partial charge is 0.426 e. The molecule has 1 aromatic rings. The topological polar surface area (TPSA) is 89.3 Å². The first kappa shape index (κ1) is 6.14. The molecule has 3 N–H and O–H groups in total. The van der Waals surface area contributed by atoms with Crippen molar-refractivity contribution in [2.45, 2.75) is 6.04 Å². The summed E-state index contributed by atoms with van der Waals surface area (Å²) in [5.74, 6) is 0.947. The molecular formula is C5H7N5O. The predicted molar refractivity (Wildman–Crippen MR) is 36.7 cm³/mol. The highest BCUT2D eigenvalue weighted by Gasteiger charge is 2.21. The molecule has 0 saturated carbocycles. The SMILES string of the molecule is NC1=NCC(c2nnco2)N1. The Bertz CT molecular complexity index is 266. The first-order valence-electron chi connectivity index (χ1n) is 3.19. The van der Waals surface area contributed by atoms with Gasteiger partial charge in [-0.25, -0.2) is 0 Å². The molecule has 6 nitrogen and oxygen atoms in total. The van der Waals surface area contributed by atoms with E-state index in [1.54, 1.807) is 0 Å². The number of nitrogens with two attached hydrogens (primary N) is 1. The lowest BCUT2D eigenvalue weighted by atomic mass is 10.3. The third kappa shape index (κ3) is 1.02. The van der Waals surface area contributed by atoms with Gasteiger partial charge in [0, 0.05) is 0 Å². The van der Waals surface area contributed by atoms with Crippen molar-refractivity contribution in [3.8, 4) is 0 Å². The highest BCUT2D eigenvalue weighted by Crippen LogP contribution is 2.12. The van der Waals surface area contributed by atoms with Gasteiger partial charge in [-0.2, -0.15) is 0 Å². The molecule has 58 valence electrons. The fraction of sp³-hybridized carbons (Fsp3) is 0.400. The van der Waals surface area contributed by atoms with Gasteiger partial charge in [-0.1, -0.05) is 0 Å².